The number of nitro benzene ring substituents is 1. The summed E-state index contributed by atoms with van der Waals surface area (Å²) in [5.41, 5.74) is 6.21. The van der Waals surface area contributed by atoms with E-state index in [-0.39, 0.29) is 17.4 Å². The molecule has 0 amide bonds. The van der Waals surface area contributed by atoms with Gasteiger partial charge in [0.15, 0.2) is 0 Å². The molecule has 5 nitrogen and oxygen atoms in total. The molecule has 0 aliphatic carbocycles. The maximum Gasteiger partial charge on any atom is 0.314 e. The highest BCUT2D eigenvalue weighted by Gasteiger charge is 2.19. The molecule has 0 aliphatic heterocycles. The lowest BCUT2D eigenvalue weighted by Crippen LogP contribution is -2.08. The lowest BCUT2D eigenvalue weighted by Gasteiger charge is -2.14. The maximum atomic E-state index is 11.1. The number of para-hydroxylation sites is 1. The largest absolute Gasteiger partial charge is 0.393 e. The highest BCUT2D eigenvalue weighted by molar-refractivity contribution is 7.12. The van der Waals surface area contributed by atoms with Crippen LogP contribution in [-0.4, -0.2) is 4.92 Å². The lowest BCUT2D eigenvalue weighted by molar-refractivity contribution is -0.383. The molecule has 6 heteroatoms. The summed E-state index contributed by atoms with van der Waals surface area (Å²) in [5.74, 6) is 0. The van der Waals surface area contributed by atoms with Crippen LogP contribution in [0.5, 0.6) is 0 Å². The van der Waals surface area contributed by atoms with Crippen molar-refractivity contribution >= 4 is 28.4 Å². The molecule has 1 heterocycles. The number of hydrogen-bond acceptors (Lipinski definition) is 5. The van der Waals surface area contributed by atoms with E-state index in [1.807, 2.05) is 26.0 Å². The van der Waals surface area contributed by atoms with Crippen molar-refractivity contribution in [1.29, 1.82) is 0 Å². The molecule has 2 aromatic rings. The average Bonchev–Trinajstić information content (AvgIpc) is 2.75. The Morgan fingerprint density at radius 2 is 2.11 bits per heavy atom. The van der Waals surface area contributed by atoms with Gasteiger partial charge in [0.05, 0.1) is 11.0 Å². The molecule has 0 saturated carbocycles. The van der Waals surface area contributed by atoms with E-state index in [1.165, 1.54) is 10.9 Å². The number of nitrogens with two attached hydrogens (primary N) is 1. The Morgan fingerprint density at radius 3 is 2.68 bits per heavy atom. The fraction of sp³-hybridized carbons (Fsp3) is 0.231. The van der Waals surface area contributed by atoms with Crippen molar-refractivity contribution in [1.82, 2.24) is 0 Å². The van der Waals surface area contributed by atoms with E-state index in [0.717, 1.165) is 4.88 Å². The molecule has 0 fully saturated rings. The maximum absolute atomic E-state index is 11.1. The molecular weight excluding hydrogens is 262 g/mol. The molecule has 1 atom stereocenters. The van der Waals surface area contributed by atoms with Gasteiger partial charge >= 0.3 is 5.69 Å². The van der Waals surface area contributed by atoms with Crippen LogP contribution in [0.1, 0.15) is 22.7 Å². The van der Waals surface area contributed by atoms with Gasteiger partial charge in [0.25, 0.3) is 0 Å². The molecule has 19 heavy (non-hydrogen) atoms. The van der Waals surface area contributed by atoms with E-state index in [2.05, 4.69) is 5.32 Å². The summed E-state index contributed by atoms with van der Waals surface area (Å²) < 4.78 is 0. The first-order valence-corrected chi connectivity index (χ1v) is 6.66. The summed E-state index contributed by atoms with van der Waals surface area (Å²) in [6.45, 7) is 4.00. The summed E-state index contributed by atoms with van der Waals surface area (Å²) in [6.07, 6.45) is 0. The van der Waals surface area contributed by atoms with Crippen molar-refractivity contribution in [3.63, 3.8) is 0 Å². The Morgan fingerprint density at radius 1 is 1.37 bits per heavy atom. The molecule has 100 valence electrons. The zero-order valence-corrected chi connectivity index (χ0v) is 11.5. The minimum atomic E-state index is -0.454. The summed E-state index contributed by atoms with van der Waals surface area (Å²) in [5, 5.41) is 14.2. The van der Waals surface area contributed by atoms with Crippen LogP contribution in [0.15, 0.2) is 30.3 Å². The zero-order valence-electron chi connectivity index (χ0n) is 10.7. The number of nitrogen functional groups attached to an aromatic ring is 1. The molecule has 3 N–H and O–H groups in total. The second-order valence-corrected chi connectivity index (χ2v) is 5.63. The number of nitrogens with one attached hydrogen (secondary N) is 1. The molecule has 1 unspecified atom stereocenters. The number of hydrogen-bond donors (Lipinski definition) is 2. The van der Waals surface area contributed by atoms with Gasteiger partial charge in [0, 0.05) is 9.75 Å². The number of nitro groups is 1. The van der Waals surface area contributed by atoms with Crippen LogP contribution >= 0.6 is 11.3 Å². The van der Waals surface area contributed by atoms with Gasteiger partial charge in [-0.1, -0.05) is 6.07 Å². The molecule has 1 aromatic heterocycles. The van der Waals surface area contributed by atoms with Crippen LogP contribution in [0.3, 0.4) is 0 Å². The van der Waals surface area contributed by atoms with E-state index in [4.69, 9.17) is 5.73 Å². The van der Waals surface area contributed by atoms with Crippen molar-refractivity contribution in [3.8, 4) is 0 Å². The third kappa shape index (κ3) is 2.85. The van der Waals surface area contributed by atoms with Gasteiger partial charge < -0.3 is 11.1 Å². The summed E-state index contributed by atoms with van der Waals surface area (Å²) in [6, 6.07) is 8.97. The summed E-state index contributed by atoms with van der Waals surface area (Å²) >= 11 is 1.67. The number of nitrogens with zero attached hydrogens (tertiary/aromatic N) is 1. The predicted molar refractivity (Wildman–Crippen MR) is 78.6 cm³/mol. The topological polar surface area (TPSA) is 81.2 Å². The molecule has 0 bridgehead atoms. The first-order chi connectivity index (χ1) is 8.99. The third-order valence-electron chi connectivity index (χ3n) is 2.81. The van der Waals surface area contributed by atoms with Crippen LogP contribution in [-0.2, 0) is 0 Å². The fourth-order valence-electron chi connectivity index (χ4n) is 1.87. The van der Waals surface area contributed by atoms with Crippen molar-refractivity contribution in [2.24, 2.45) is 0 Å². The first kappa shape index (κ1) is 13.4. The average molecular weight is 277 g/mol. The van der Waals surface area contributed by atoms with Gasteiger partial charge in [-0.25, -0.2) is 0 Å². The minimum Gasteiger partial charge on any atom is -0.393 e. The third-order valence-corrected chi connectivity index (χ3v) is 3.99. The van der Waals surface area contributed by atoms with E-state index in [0.29, 0.717) is 5.69 Å². The normalized spacial score (nSPS) is 12.1. The van der Waals surface area contributed by atoms with Gasteiger partial charge in [0.2, 0.25) is 0 Å². The molecule has 2 rings (SSSR count). The smallest absolute Gasteiger partial charge is 0.314 e. The van der Waals surface area contributed by atoms with E-state index < -0.39 is 4.92 Å². The van der Waals surface area contributed by atoms with Crippen LogP contribution in [0.4, 0.5) is 17.1 Å². The van der Waals surface area contributed by atoms with Gasteiger partial charge in [-0.3, -0.25) is 10.1 Å². The number of thiophene rings is 1. The van der Waals surface area contributed by atoms with Crippen molar-refractivity contribution < 1.29 is 4.92 Å². The van der Waals surface area contributed by atoms with Gasteiger partial charge in [-0.05, 0) is 38.1 Å². The van der Waals surface area contributed by atoms with Gasteiger partial charge in [0.1, 0.15) is 11.4 Å². The monoisotopic (exact) mass is 277 g/mol. The van der Waals surface area contributed by atoms with Crippen LogP contribution in [0.25, 0.3) is 0 Å². The molecular formula is C13H15N3O2S. The number of rotatable bonds is 4. The minimum absolute atomic E-state index is 0.000741. The fourth-order valence-corrected chi connectivity index (χ4v) is 2.75. The Bertz CT molecular complexity index is 610. The second kappa shape index (κ2) is 5.27. The highest BCUT2D eigenvalue weighted by Crippen LogP contribution is 2.34. The molecule has 0 aliphatic rings. The van der Waals surface area contributed by atoms with Crippen LogP contribution in [0, 0.1) is 17.0 Å². The first-order valence-electron chi connectivity index (χ1n) is 5.85. The van der Waals surface area contributed by atoms with Gasteiger partial charge in [-0.15, -0.1) is 11.3 Å². The lowest BCUT2D eigenvalue weighted by atomic mass is 10.2. The van der Waals surface area contributed by atoms with E-state index in [9.17, 15) is 10.1 Å². The van der Waals surface area contributed by atoms with Crippen molar-refractivity contribution in [2.45, 2.75) is 19.9 Å². The molecule has 0 radical (unpaired) electrons. The number of anilines is 2. The Kier molecular flexibility index (Phi) is 3.71. The molecule has 0 saturated heterocycles. The second-order valence-electron chi connectivity index (χ2n) is 4.31. The molecule has 0 spiro atoms. The van der Waals surface area contributed by atoms with Crippen LogP contribution in [0.2, 0.25) is 0 Å². The van der Waals surface area contributed by atoms with E-state index >= 15 is 0 Å². The SMILES string of the molecule is Cc1ccc(C(C)Nc2cccc(N)c2[N+](=O)[O-])s1. The highest BCUT2D eigenvalue weighted by atomic mass is 32.1. The predicted octanol–water partition coefficient (Wildman–Crippen LogP) is 3.72. The van der Waals surface area contributed by atoms with Crippen LogP contribution < -0.4 is 11.1 Å². The van der Waals surface area contributed by atoms with Crippen molar-refractivity contribution in [3.05, 3.63) is 50.2 Å². The van der Waals surface area contributed by atoms with E-state index in [1.54, 1.807) is 23.5 Å². The molecule has 1 aromatic carbocycles. The number of aryl methyl sites for hydroxylation is 1. The van der Waals surface area contributed by atoms with Gasteiger partial charge in [-0.2, -0.15) is 0 Å². The van der Waals surface area contributed by atoms with Crippen molar-refractivity contribution in [2.75, 3.05) is 11.1 Å². The summed E-state index contributed by atoms with van der Waals surface area (Å²) in [4.78, 5) is 12.9. The quantitative estimate of drug-likeness (QED) is 0.507. The Hall–Kier alpha value is -2.08. The zero-order chi connectivity index (χ0) is 14.0. The number of benzene rings is 1. The Balaban J connectivity index is 2.28. The standard InChI is InChI=1S/C13H15N3O2S/c1-8-6-7-12(19-8)9(2)15-11-5-3-4-10(14)13(11)16(17)18/h3-7,9,15H,14H2,1-2H3. The summed E-state index contributed by atoms with van der Waals surface area (Å²) in [7, 11) is 0. The Labute approximate surface area is 115 Å².